The minimum absolute atomic E-state index is 0.387. The zero-order valence-electron chi connectivity index (χ0n) is 16.4. The molecule has 0 aliphatic carbocycles. The van der Waals surface area contributed by atoms with Gasteiger partial charge in [0, 0.05) is 16.7 Å². The van der Waals surface area contributed by atoms with E-state index in [4.69, 9.17) is 0 Å². The highest BCUT2D eigenvalue weighted by Gasteiger charge is 2.08. The molecule has 30 heavy (non-hydrogen) atoms. The Balaban J connectivity index is 1.70. The first-order chi connectivity index (χ1) is 14.7. The number of nitriles is 1. The summed E-state index contributed by atoms with van der Waals surface area (Å²) in [5.74, 6) is 0.387. The fourth-order valence-electron chi connectivity index (χ4n) is 3.00. The van der Waals surface area contributed by atoms with Gasteiger partial charge in [-0.2, -0.15) is 10.4 Å². The lowest BCUT2D eigenvalue weighted by Crippen LogP contribution is -2.00. The topological polar surface area (TPSA) is 74.0 Å². The van der Waals surface area contributed by atoms with Gasteiger partial charge >= 0.3 is 0 Å². The van der Waals surface area contributed by atoms with Crippen LogP contribution >= 0.6 is 0 Å². The highest BCUT2D eigenvalue weighted by atomic mass is 15.3. The van der Waals surface area contributed by atoms with Crippen LogP contribution in [0.4, 0.5) is 5.95 Å². The quantitative estimate of drug-likeness (QED) is 0.364. The maximum Gasteiger partial charge on any atom is 0.244 e. The number of hydrogen-bond acceptors (Lipinski definition) is 5. The second kappa shape index (κ2) is 8.80. The number of aromatic nitrogens is 2. The molecule has 144 valence electrons. The first-order valence-electron chi connectivity index (χ1n) is 9.53. The van der Waals surface area contributed by atoms with Gasteiger partial charge < -0.3 is 0 Å². The molecule has 5 heteroatoms. The number of nitrogens with zero attached hydrogens (tertiary/aromatic N) is 4. The van der Waals surface area contributed by atoms with Crippen molar-refractivity contribution in [1.29, 1.82) is 5.26 Å². The molecule has 1 aromatic heterocycles. The van der Waals surface area contributed by atoms with Gasteiger partial charge in [-0.25, -0.2) is 15.4 Å². The van der Waals surface area contributed by atoms with Crippen molar-refractivity contribution >= 4 is 12.2 Å². The van der Waals surface area contributed by atoms with Crippen LogP contribution in [0.15, 0.2) is 90.0 Å². The van der Waals surface area contributed by atoms with Crippen LogP contribution in [0.1, 0.15) is 16.7 Å². The summed E-state index contributed by atoms with van der Waals surface area (Å²) >= 11 is 0. The molecular weight excluding hydrogens is 370 g/mol. The van der Waals surface area contributed by atoms with Gasteiger partial charge in [0.15, 0.2) is 0 Å². The molecule has 0 fully saturated rings. The summed E-state index contributed by atoms with van der Waals surface area (Å²) in [4.78, 5) is 9.25. The molecule has 0 aliphatic heterocycles. The van der Waals surface area contributed by atoms with Crippen LogP contribution in [0.5, 0.6) is 0 Å². The molecule has 0 saturated carbocycles. The molecule has 5 nitrogen and oxygen atoms in total. The summed E-state index contributed by atoms with van der Waals surface area (Å²) < 4.78 is 0. The van der Waals surface area contributed by atoms with Gasteiger partial charge in [-0.15, -0.1) is 0 Å². The number of hydrogen-bond donors (Lipinski definition) is 1. The zero-order chi connectivity index (χ0) is 20.8. The second-order valence-corrected chi connectivity index (χ2v) is 6.76. The van der Waals surface area contributed by atoms with E-state index < -0.39 is 0 Å². The first kappa shape index (κ1) is 19.0. The lowest BCUT2D eigenvalue weighted by molar-refractivity contribution is 1.12. The monoisotopic (exact) mass is 389 g/mol. The number of anilines is 1. The Kier molecular flexibility index (Phi) is 5.59. The van der Waals surface area contributed by atoms with Crippen molar-refractivity contribution in [2.45, 2.75) is 6.92 Å². The molecule has 0 radical (unpaired) electrons. The van der Waals surface area contributed by atoms with Crippen molar-refractivity contribution in [2.75, 3.05) is 5.43 Å². The molecule has 0 amide bonds. The summed E-state index contributed by atoms with van der Waals surface area (Å²) in [6, 6.07) is 29.6. The van der Waals surface area contributed by atoms with E-state index in [0.29, 0.717) is 11.5 Å². The van der Waals surface area contributed by atoms with Crippen LogP contribution in [0.25, 0.3) is 22.5 Å². The van der Waals surface area contributed by atoms with Gasteiger partial charge in [0.2, 0.25) is 5.95 Å². The zero-order valence-corrected chi connectivity index (χ0v) is 16.4. The van der Waals surface area contributed by atoms with E-state index in [9.17, 15) is 5.26 Å². The molecule has 0 spiro atoms. The van der Waals surface area contributed by atoms with E-state index in [1.807, 2.05) is 66.7 Å². The standard InChI is InChI=1S/C25H19N5/c1-18-11-13-20(14-12-18)24-15-23(19-7-3-2-4-8-19)28-25(29-24)30-27-17-22-10-6-5-9-21(22)16-26/h2-15,17H,1H3,(H,28,29,30). The molecule has 0 atom stereocenters. The highest BCUT2D eigenvalue weighted by molar-refractivity contribution is 5.83. The van der Waals surface area contributed by atoms with Crippen LogP contribution in [0, 0.1) is 18.3 Å². The van der Waals surface area contributed by atoms with Gasteiger partial charge in [0.1, 0.15) is 0 Å². The van der Waals surface area contributed by atoms with Crippen LogP contribution < -0.4 is 5.43 Å². The van der Waals surface area contributed by atoms with Crippen molar-refractivity contribution in [2.24, 2.45) is 5.10 Å². The van der Waals surface area contributed by atoms with Crippen LogP contribution in [0.3, 0.4) is 0 Å². The van der Waals surface area contributed by atoms with Gasteiger partial charge in [0.05, 0.1) is 29.2 Å². The highest BCUT2D eigenvalue weighted by Crippen LogP contribution is 2.25. The summed E-state index contributed by atoms with van der Waals surface area (Å²) in [7, 11) is 0. The average molecular weight is 389 g/mol. The Morgan fingerprint density at radius 2 is 1.47 bits per heavy atom. The van der Waals surface area contributed by atoms with Crippen molar-refractivity contribution in [3.8, 4) is 28.6 Å². The van der Waals surface area contributed by atoms with Gasteiger partial charge in [-0.3, -0.25) is 0 Å². The normalized spacial score (nSPS) is 10.7. The third kappa shape index (κ3) is 4.40. The predicted molar refractivity (Wildman–Crippen MR) is 120 cm³/mol. The van der Waals surface area contributed by atoms with E-state index in [2.05, 4.69) is 45.6 Å². The van der Waals surface area contributed by atoms with Crippen LogP contribution in [0.2, 0.25) is 0 Å². The Morgan fingerprint density at radius 3 is 2.17 bits per heavy atom. The molecule has 0 saturated heterocycles. The number of benzene rings is 3. The minimum Gasteiger partial charge on any atom is -0.245 e. The van der Waals surface area contributed by atoms with E-state index in [-0.39, 0.29) is 0 Å². The van der Waals surface area contributed by atoms with Crippen molar-refractivity contribution in [3.05, 3.63) is 102 Å². The fraction of sp³-hybridized carbons (Fsp3) is 0.0400. The summed E-state index contributed by atoms with van der Waals surface area (Å²) in [5.41, 5.74) is 8.99. The molecule has 0 aliphatic rings. The van der Waals surface area contributed by atoms with E-state index >= 15 is 0 Å². The smallest absolute Gasteiger partial charge is 0.244 e. The van der Waals surface area contributed by atoms with E-state index in [1.54, 1.807) is 12.3 Å². The molecular formula is C25H19N5. The van der Waals surface area contributed by atoms with E-state index in [0.717, 1.165) is 28.1 Å². The largest absolute Gasteiger partial charge is 0.245 e. The van der Waals surface area contributed by atoms with Gasteiger partial charge in [-0.1, -0.05) is 78.4 Å². The van der Waals surface area contributed by atoms with Gasteiger partial charge in [-0.05, 0) is 19.1 Å². The number of hydrazone groups is 1. The number of aryl methyl sites for hydroxylation is 1. The van der Waals surface area contributed by atoms with Crippen molar-refractivity contribution in [1.82, 2.24) is 9.97 Å². The predicted octanol–water partition coefficient (Wildman–Crippen LogP) is 5.44. The summed E-state index contributed by atoms with van der Waals surface area (Å²) in [6.45, 7) is 2.06. The van der Waals surface area contributed by atoms with Crippen LogP contribution in [-0.2, 0) is 0 Å². The minimum atomic E-state index is 0.387. The maximum absolute atomic E-state index is 9.22. The van der Waals surface area contributed by atoms with Gasteiger partial charge in [0.25, 0.3) is 0 Å². The molecule has 0 unspecified atom stereocenters. The molecule has 1 heterocycles. The average Bonchev–Trinajstić information content (AvgIpc) is 2.80. The third-order valence-corrected chi connectivity index (χ3v) is 4.59. The van der Waals surface area contributed by atoms with Crippen molar-refractivity contribution in [3.63, 3.8) is 0 Å². The second-order valence-electron chi connectivity index (χ2n) is 6.76. The Labute approximate surface area is 175 Å². The first-order valence-corrected chi connectivity index (χ1v) is 9.53. The van der Waals surface area contributed by atoms with E-state index in [1.165, 1.54) is 5.56 Å². The Hall–Kier alpha value is -4.30. The molecule has 4 aromatic rings. The molecule has 0 bridgehead atoms. The van der Waals surface area contributed by atoms with Crippen LogP contribution in [-0.4, -0.2) is 16.2 Å². The Morgan fingerprint density at radius 1 is 0.833 bits per heavy atom. The molecule has 4 rings (SSSR count). The molecule has 1 N–H and O–H groups in total. The van der Waals surface area contributed by atoms with Crippen molar-refractivity contribution < 1.29 is 0 Å². The third-order valence-electron chi connectivity index (χ3n) is 4.59. The fourth-order valence-corrected chi connectivity index (χ4v) is 3.00. The molecule has 3 aromatic carbocycles. The maximum atomic E-state index is 9.22. The number of nitrogens with one attached hydrogen (secondary N) is 1. The number of rotatable bonds is 5. The summed E-state index contributed by atoms with van der Waals surface area (Å²) in [6.07, 6.45) is 1.60. The summed E-state index contributed by atoms with van der Waals surface area (Å²) in [5, 5.41) is 13.5. The lowest BCUT2D eigenvalue weighted by Gasteiger charge is -2.08. The lowest BCUT2D eigenvalue weighted by atomic mass is 10.1. The Bertz CT molecular complexity index is 1220. The SMILES string of the molecule is Cc1ccc(-c2cc(-c3ccccc3)nc(NN=Cc3ccccc3C#N)n2)cc1.